The van der Waals surface area contributed by atoms with E-state index >= 15 is 0 Å². The smallest absolute Gasteiger partial charge is 0.127 e. The second kappa shape index (κ2) is 6.68. The van der Waals surface area contributed by atoms with Crippen molar-refractivity contribution >= 4 is 0 Å². The Kier molecular flexibility index (Phi) is 5.17. The van der Waals surface area contributed by atoms with Crippen molar-refractivity contribution in [2.45, 2.75) is 44.7 Å². The largest absolute Gasteiger partial charge is 0.311 e. The molecule has 2 rings (SSSR count). The highest BCUT2D eigenvalue weighted by atomic mass is 19.1. The topological polar surface area (TPSA) is 15.3 Å². The van der Waals surface area contributed by atoms with E-state index in [1.165, 1.54) is 31.7 Å². The zero-order valence-electron chi connectivity index (χ0n) is 13.0. The Morgan fingerprint density at radius 3 is 2.75 bits per heavy atom. The van der Waals surface area contributed by atoms with Crippen LogP contribution >= 0.6 is 0 Å². The summed E-state index contributed by atoms with van der Waals surface area (Å²) in [6.07, 6.45) is 5.09. The van der Waals surface area contributed by atoms with Crippen molar-refractivity contribution in [2.24, 2.45) is 5.92 Å². The average molecular weight is 278 g/mol. The van der Waals surface area contributed by atoms with Crippen molar-refractivity contribution in [3.63, 3.8) is 0 Å². The van der Waals surface area contributed by atoms with E-state index in [-0.39, 0.29) is 11.4 Å². The lowest BCUT2D eigenvalue weighted by atomic mass is 9.75. The quantitative estimate of drug-likeness (QED) is 0.887. The molecule has 20 heavy (non-hydrogen) atoms. The van der Waals surface area contributed by atoms with Gasteiger partial charge in [0, 0.05) is 24.2 Å². The molecule has 2 unspecified atom stereocenters. The highest BCUT2D eigenvalue weighted by molar-refractivity contribution is 5.17. The Morgan fingerprint density at radius 2 is 2.10 bits per heavy atom. The van der Waals surface area contributed by atoms with Gasteiger partial charge in [0.25, 0.3) is 0 Å². The molecule has 2 atom stereocenters. The summed E-state index contributed by atoms with van der Waals surface area (Å²) >= 11 is 0. The zero-order chi connectivity index (χ0) is 14.6. The van der Waals surface area contributed by atoms with Gasteiger partial charge in [0.1, 0.15) is 5.82 Å². The Labute approximate surface area is 122 Å². The van der Waals surface area contributed by atoms with Crippen LogP contribution in [0.4, 0.5) is 4.39 Å². The van der Waals surface area contributed by atoms with Gasteiger partial charge in [-0.15, -0.1) is 0 Å². The third-order valence-electron chi connectivity index (χ3n) is 4.74. The molecule has 112 valence electrons. The molecule has 2 nitrogen and oxygen atoms in total. The molecule has 0 bridgehead atoms. The molecule has 0 amide bonds. The minimum absolute atomic E-state index is 0.115. The molecule has 1 saturated carbocycles. The van der Waals surface area contributed by atoms with Crippen LogP contribution in [0.3, 0.4) is 0 Å². The number of nitrogens with one attached hydrogen (secondary N) is 1. The third kappa shape index (κ3) is 3.58. The fourth-order valence-corrected chi connectivity index (χ4v) is 3.43. The maximum Gasteiger partial charge on any atom is 0.127 e. The zero-order valence-corrected chi connectivity index (χ0v) is 13.0. The predicted octanol–water partition coefficient (Wildman–Crippen LogP) is 3.43. The van der Waals surface area contributed by atoms with E-state index in [1.54, 1.807) is 6.07 Å². The minimum atomic E-state index is -0.115. The monoisotopic (exact) mass is 278 g/mol. The van der Waals surface area contributed by atoms with Gasteiger partial charge >= 0.3 is 0 Å². The molecule has 1 aromatic carbocycles. The maximum absolute atomic E-state index is 13.6. The van der Waals surface area contributed by atoms with Crippen LogP contribution in [0.5, 0.6) is 0 Å². The molecule has 1 aromatic rings. The molecular weight excluding hydrogens is 251 g/mol. The van der Waals surface area contributed by atoms with Gasteiger partial charge in [-0.3, -0.25) is 0 Å². The van der Waals surface area contributed by atoms with Crippen molar-refractivity contribution in [1.29, 1.82) is 0 Å². The van der Waals surface area contributed by atoms with Crippen LogP contribution in [0.1, 0.15) is 38.2 Å². The SMILES string of the molecule is CC1CCCC(CNCc2ccccc2F)(N(C)C)C1. The summed E-state index contributed by atoms with van der Waals surface area (Å²) in [5.41, 5.74) is 0.980. The van der Waals surface area contributed by atoms with Crippen molar-refractivity contribution in [3.05, 3.63) is 35.6 Å². The number of hydrogen-bond acceptors (Lipinski definition) is 2. The summed E-state index contributed by atoms with van der Waals surface area (Å²) in [6.45, 7) is 3.88. The molecule has 0 aliphatic heterocycles. The van der Waals surface area contributed by atoms with E-state index in [4.69, 9.17) is 0 Å². The summed E-state index contributed by atoms with van der Waals surface area (Å²) in [5.74, 6) is 0.664. The lowest BCUT2D eigenvalue weighted by Gasteiger charge is -2.45. The van der Waals surface area contributed by atoms with Gasteiger partial charge < -0.3 is 10.2 Å². The second-order valence-corrected chi connectivity index (χ2v) is 6.52. The van der Waals surface area contributed by atoms with Crippen molar-refractivity contribution < 1.29 is 4.39 Å². The Morgan fingerprint density at radius 1 is 1.35 bits per heavy atom. The highest BCUT2D eigenvalue weighted by Gasteiger charge is 2.36. The van der Waals surface area contributed by atoms with Crippen LogP contribution in [0, 0.1) is 11.7 Å². The van der Waals surface area contributed by atoms with E-state index in [0.29, 0.717) is 6.54 Å². The second-order valence-electron chi connectivity index (χ2n) is 6.52. The first-order valence-corrected chi connectivity index (χ1v) is 7.65. The standard InChI is InChI=1S/C17H27FN2/c1-14-7-6-10-17(11-14,20(2)3)13-19-12-15-8-4-5-9-16(15)18/h4-5,8-9,14,19H,6-7,10-13H2,1-3H3. The Balaban J connectivity index is 1.95. The molecule has 0 spiro atoms. The fourth-order valence-electron chi connectivity index (χ4n) is 3.43. The summed E-state index contributed by atoms with van der Waals surface area (Å²) in [5, 5.41) is 3.47. The van der Waals surface area contributed by atoms with Gasteiger partial charge in [-0.05, 0) is 38.9 Å². The number of rotatable bonds is 5. The van der Waals surface area contributed by atoms with E-state index in [1.807, 2.05) is 12.1 Å². The molecule has 1 N–H and O–H groups in total. The first kappa shape index (κ1) is 15.5. The fraction of sp³-hybridized carbons (Fsp3) is 0.647. The van der Waals surface area contributed by atoms with Gasteiger partial charge in [0.05, 0.1) is 0 Å². The number of likely N-dealkylation sites (N-methyl/N-ethyl adjacent to an activating group) is 1. The molecule has 1 fully saturated rings. The van der Waals surface area contributed by atoms with Gasteiger partial charge in [-0.1, -0.05) is 38.0 Å². The first-order chi connectivity index (χ1) is 9.53. The van der Waals surface area contributed by atoms with Crippen molar-refractivity contribution in [1.82, 2.24) is 10.2 Å². The van der Waals surface area contributed by atoms with E-state index in [9.17, 15) is 4.39 Å². The summed E-state index contributed by atoms with van der Waals surface area (Å²) in [6, 6.07) is 7.02. The predicted molar refractivity (Wildman–Crippen MR) is 82.2 cm³/mol. The Bertz CT molecular complexity index is 433. The number of hydrogen-bond donors (Lipinski definition) is 1. The molecule has 3 heteroatoms. The average Bonchev–Trinajstić information content (AvgIpc) is 2.41. The van der Waals surface area contributed by atoms with Crippen LogP contribution in [-0.2, 0) is 6.54 Å². The van der Waals surface area contributed by atoms with Gasteiger partial charge in [0.2, 0.25) is 0 Å². The minimum Gasteiger partial charge on any atom is -0.311 e. The van der Waals surface area contributed by atoms with Gasteiger partial charge in [0.15, 0.2) is 0 Å². The first-order valence-electron chi connectivity index (χ1n) is 7.65. The molecular formula is C17H27FN2. The third-order valence-corrected chi connectivity index (χ3v) is 4.74. The van der Waals surface area contributed by atoms with Gasteiger partial charge in [-0.25, -0.2) is 4.39 Å². The van der Waals surface area contributed by atoms with Crippen LogP contribution in [-0.4, -0.2) is 31.1 Å². The van der Waals surface area contributed by atoms with Crippen LogP contribution in [0.15, 0.2) is 24.3 Å². The summed E-state index contributed by atoms with van der Waals surface area (Å²) in [7, 11) is 4.34. The number of nitrogens with zero attached hydrogens (tertiary/aromatic N) is 1. The molecule has 0 radical (unpaired) electrons. The lowest BCUT2D eigenvalue weighted by Crippen LogP contribution is -2.54. The van der Waals surface area contributed by atoms with E-state index in [0.717, 1.165) is 18.0 Å². The molecule has 0 heterocycles. The van der Waals surface area contributed by atoms with Crippen molar-refractivity contribution in [2.75, 3.05) is 20.6 Å². The van der Waals surface area contributed by atoms with Crippen LogP contribution < -0.4 is 5.32 Å². The van der Waals surface area contributed by atoms with E-state index < -0.39 is 0 Å². The normalized spacial score (nSPS) is 26.9. The number of halogens is 1. The molecule has 0 aromatic heterocycles. The van der Waals surface area contributed by atoms with Crippen LogP contribution in [0.25, 0.3) is 0 Å². The maximum atomic E-state index is 13.6. The lowest BCUT2D eigenvalue weighted by molar-refractivity contribution is 0.0749. The molecule has 0 saturated heterocycles. The number of benzene rings is 1. The van der Waals surface area contributed by atoms with E-state index in [2.05, 4.69) is 31.2 Å². The van der Waals surface area contributed by atoms with Crippen LogP contribution in [0.2, 0.25) is 0 Å². The highest BCUT2D eigenvalue weighted by Crippen LogP contribution is 2.35. The summed E-state index contributed by atoms with van der Waals surface area (Å²) in [4.78, 5) is 2.36. The Hall–Kier alpha value is -0.930. The molecule has 1 aliphatic carbocycles. The van der Waals surface area contributed by atoms with Gasteiger partial charge in [-0.2, -0.15) is 0 Å². The summed E-state index contributed by atoms with van der Waals surface area (Å²) < 4.78 is 13.6. The molecule has 1 aliphatic rings. The van der Waals surface area contributed by atoms with Crippen molar-refractivity contribution in [3.8, 4) is 0 Å².